The highest BCUT2D eigenvalue weighted by Crippen LogP contribution is 2.46. The lowest BCUT2D eigenvalue weighted by atomic mass is 9.88. The Morgan fingerprint density at radius 2 is 1.65 bits per heavy atom. The van der Waals surface area contributed by atoms with E-state index in [0.717, 1.165) is 10.8 Å². The third-order valence-electron chi connectivity index (χ3n) is 6.66. The monoisotopic (exact) mass is 470 g/mol. The van der Waals surface area contributed by atoms with Gasteiger partial charge in [0.1, 0.15) is 6.04 Å². The maximum Gasteiger partial charge on any atom is 0.249 e. The van der Waals surface area contributed by atoms with Crippen molar-refractivity contribution >= 4 is 57.7 Å². The summed E-state index contributed by atoms with van der Waals surface area (Å²) in [5.41, 5.74) is 1.06. The molecular formula is C26H19ClN4O3. The molecule has 7 nitrogen and oxygen atoms in total. The molecule has 8 heteroatoms. The summed E-state index contributed by atoms with van der Waals surface area (Å²) >= 11 is 5.95. The lowest BCUT2D eigenvalue weighted by Crippen LogP contribution is -2.47. The number of carbonyl (C=O) groups is 3. The van der Waals surface area contributed by atoms with Gasteiger partial charge in [0.25, 0.3) is 0 Å². The minimum Gasteiger partial charge on any atom is -0.324 e. The molecule has 6 rings (SSSR count). The molecule has 168 valence electrons. The van der Waals surface area contributed by atoms with Crippen molar-refractivity contribution in [2.75, 3.05) is 10.2 Å². The first-order valence-electron chi connectivity index (χ1n) is 10.9. The van der Waals surface area contributed by atoms with Crippen LogP contribution in [0.5, 0.6) is 0 Å². The summed E-state index contributed by atoms with van der Waals surface area (Å²) < 4.78 is 0. The van der Waals surface area contributed by atoms with Gasteiger partial charge in [-0.15, -0.1) is 0 Å². The number of nitrogens with zero attached hydrogens (tertiary/aromatic N) is 3. The quantitative estimate of drug-likeness (QED) is 0.589. The second kappa shape index (κ2) is 7.81. The highest BCUT2D eigenvalue weighted by molar-refractivity contribution is 6.30. The van der Waals surface area contributed by atoms with E-state index in [4.69, 9.17) is 11.6 Å². The van der Waals surface area contributed by atoms with Crippen molar-refractivity contribution < 1.29 is 14.4 Å². The van der Waals surface area contributed by atoms with Crippen LogP contribution in [0.2, 0.25) is 5.02 Å². The summed E-state index contributed by atoms with van der Waals surface area (Å²) in [4.78, 5) is 41.9. The number of carbonyl (C=O) groups excluding carboxylic acids is 3. The molecule has 0 spiro atoms. The van der Waals surface area contributed by atoms with Crippen molar-refractivity contribution in [2.45, 2.75) is 12.1 Å². The van der Waals surface area contributed by atoms with Crippen LogP contribution < -0.4 is 10.2 Å². The molecule has 3 aromatic carbocycles. The van der Waals surface area contributed by atoms with E-state index in [2.05, 4.69) is 10.4 Å². The average Bonchev–Trinajstić information content (AvgIpc) is 3.33. The van der Waals surface area contributed by atoms with E-state index in [0.29, 0.717) is 16.4 Å². The van der Waals surface area contributed by atoms with Crippen molar-refractivity contribution in [2.24, 2.45) is 16.9 Å². The van der Waals surface area contributed by atoms with Crippen molar-refractivity contribution in [3.8, 4) is 0 Å². The van der Waals surface area contributed by atoms with Crippen molar-refractivity contribution in [1.82, 2.24) is 5.01 Å². The summed E-state index contributed by atoms with van der Waals surface area (Å²) in [6.45, 7) is 0. The number of rotatable bonds is 3. The molecule has 1 N–H and O–H groups in total. The molecule has 0 radical (unpaired) electrons. The zero-order chi connectivity index (χ0) is 23.4. The maximum atomic E-state index is 13.7. The number of halogens is 1. The summed E-state index contributed by atoms with van der Waals surface area (Å²) in [7, 11) is 0. The number of hydrazone groups is 1. The van der Waals surface area contributed by atoms with Gasteiger partial charge < -0.3 is 5.32 Å². The summed E-state index contributed by atoms with van der Waals surface area (Å²) in [6.07, 6.45) is 5.14. The van der Waals surface area contributed by atoms with Crippen LogP contribution in [-0.2, 0) is 14.4 Å². The number of allylic oxidation sites excluding steroid dienone is 1. The Morgan fingerprint density at radius 3 is 2.44 bits per heavy atom. The molecule has 0 saturated carbocycles. The standard InChI is InChI=1S/C26H19ClN4O3/c27-17-8-10-18(11-9-17)29-24(32)23-22-21(20-6-3-13-28-31(20)23)25(33)30(26(22)34)19-12-7-15-4-1-2-5-16(15)14-19/h1-14,20-23H,(H,29,32)/t20-,21-,22+,23-/m0/s1. The van der Waals surface area contributed by atoms with Gasteiger partial charge >= 0.3 is 0 Å². The number of amides is 3. The molecule has 0 unspecified atom stereocenters. The Bertz CT molecular complexity index is 1400. The van der Waals surface area contributed by atoms with E-state index < -0.39 is 29.8 Å². The highest BCUT2D eigenvalue weighted by atomic mass is 35.5. The lowest BCUT2D eigenvalue weighted by Gasteiger charge is -2.30. The van der Waals surface area contributed by atoms with Crippen LogP contribution in [-0.4, -0.2) is 41.0 Å². The number of imide groups is 1. The largest absolute Gasteiger partial charge is 0.324 e. The van der Waals surface area contributed by atoms with Crippen molar-refractivity contribution in [3.63, 3.8) is 0 Å². The number of nitrogens with one attached hydrogen (secondary N) is 1. The topological polar surface area (TPSA) is 82.1 Å². The van der Waals surface area contributed by atoms with Crippen LogP contribution in [0.1, 0.15) is 0 Å². The second-order valence-electron chi connectivity index (χ2n) is 8.56. The van der Waals surface area contributed by atoms with Gasteiger partial charge in [-0.2, -0.15) is 5.10 Å². The number of fused-ring (bicyclic) bond motifs is 4. The molecule has 3 heterocycles. The Kier molecular flexibility index (Phi) is 4.74. The number of anilines is 2. The van der Waals surface area contributed by atoms with E-state index in [1.165, 1.54) is 4.90 Å². The fraction of sp³-hybridized carbons (Fsp3) is 0.154. The van der Waals surface area contributed by atoms with Crippen LogP contribution in [0.25, 0.3) is 10.8 Å². The lowest BCUT2D eigenvalue weighted by molar-refractivity contribution is -0.129. The van der Waals surface area contributed by atoms with Gasteiger partial charge in [-0.1, -0.05) is 48.0 Å². The van der Waals surface area contributed by atoms with Crippen LogP contribution >= 0.6 is 11.6 Å². The molecule has 34 heavy (non-hydrogen) atoms. The van der Waals surface area contributed by atoms with Gasteiger partial charge in [-0.3, -0.25) is 19.4 Å². The fourth-order valence-corrected chi connectivity index (χ4v) is 5.28. The Labute approximate surface area is 200 Å². The van der Waals surface area contributed by atoms with Crippen LogP contribution in [0.4, 0.5) is 11.4 Å². The molecule has 3 aromatic rings. The predicted molar refractivity (Wildman–Crippen MR) is 131 cm³/mol. The predicted octanol–water partition coefficient (Wildman–Crippen LogP) is 3.85. The van der Waals surface area contributed by atoms with Gasteiger partial charge in [-0.25, -0.2) is 4.90 Å². The van der Waals surface area contributed by atoms with Gasteiger partial charge in [0.2, 0.25) is 17.7 Å². The summed E-state index contributed by atoms with van der Waals surface area (Å²) in [6, 6.07) is 18.6. The minimum absolute atomic E-state index is 0.316. The van der Waals surface area contributed by atoms with Crippen LogP contribution in [0.3, 0.4) is 0 Å². The molecule has 4 atom stereocenters. The Balaban J connectivity index is 1.37. The minimum atomic E-state index is -0.922. The number of hydrogen-bond donors (Lipinski definition) is 1. The smallest absolute Gasteiger partial charge is 0.249 e. The van der Waals surface area contributed by atoms with E-state index in [9.17, 15) is 14.4 Å². The third kappa shape index (κ3) is 3.12. The first-order valence-corrected chi connectivity index (χ1v) is 11.3. The molecule has 0 bridgehead atoms. The average molecular weight is 471 g/mol. The Hall–Kier alpha value is -3.97. The summed E-state index contributed by atoms with van der Waals surface area (Å²) in [5.74, 6) is -2.65. The highest BCUT2D eigenvalue weighted by Gasteiger charge is 2.64. The van der Waals surface area contributed by atoms with E-state index in [1.807, 2.05) is 42.5 Å². The van der Waals surface area contributed by atoms with Gasteiger partial charge in [0.15, 0.2) is 0 Å². The zero-order valence-corrected chi connectivity index (χ0v) is 18.6. The van der Waals surface area contributed by atoms with Crippen molar-refractivity contribution in [1.29, 1.82) is 0 Å². The van der Waals surface area contributed by atoms with Gasteiger partial charge in [0, 0.05) is 16.9 Å². The molecule has 2 saturated heterocycles. The number of hydrogen-bond acceptors (Lipinski definition) is 5. The molecule has 3 amide bonds. The Morgan fingerprint density at radius 1 is 0.912 bits per heavy atom. The van der Waals surface area contributed by atoms with Gasteiger partial charge in [0.05, 0.1) is 23.6 Å². The normalized spacial score (nSPS) is 25.1. The first kappa shape index (κ1) is 20.6. The molecule has 3 aliphatic heterocycles. The van der Waals surface area contributed by atoms with E-state index >= 15 is 0 Å². The van der Waals surface area contributed by atoms with Crippen LogP contribution in [0, 0.1) is 11.8 Å². The molecule has 3 aliphatic rings. The molecule has 0 aliphatic carbocycles. The second-order valence-corrected chi connectivity index (χ2v) is 8.99. The third-order valence-corrected chi connectivity index (χ3v) is 6.91. The van der Waals surface area contributed by atoms with Gasteiger partial charge in [-0.05, 0) is 53.2 Å². The van der Waals surface area contributed by atoms with E-state index in [1.54, 1.807) is 47.6 Å². The maximum absolute atomic E-state index is 13.7. The van der Waals surface area contributed by atoms with E-state index in [-0.39, 0.29) is 11.8 Å². The fourth-order valence-electron chi connectivity index (χ4n) is 5.16. The number of benzene rings is 3. The molecular weight excluding hydrogens is 452 g/mol. The first-order chi connectivity index (χ1) is 16.5. The summed E-state index contributed by atoms with van der Waals surface area (Å²) in [5, 5.41) is 11.3. The zero-order valence-electron chi connectivity index (χ0n) is 17.8. The van der Waals surface area contributed by atoms with Crippen molar-refractivity contribution in [3.05, 3.63) is 83.9 Å². The van der Waals surface area contributed by atoms with Crippen LogP contribution in [0.15, 0.2) is 84.0 Å². The SMILES string of the molecule is O=C(Nc1ccc(Cl)cc1)[C@@H]1[C@@H]2C(=O)N(c3ccc4ccccc4c3)C(=O)[C@H]2[C@@H]2C=CC=NN12. The molecule has 0 aromatic heterocycles. The molecule has 2 fully saturated rings.